The smallest absolute Gasteiger partial charge is 0.339 e. The van der Waals surface area contributed by atoms with Crippen LogP contribution >= 0.6 is 0 Å². The Morgan fingerprint density at radius 3 is 2.40 bits per heavy atom. The lowest BCUT2D eigenvalue weighted by molar-refractivity contribution is 0.0691. The first kappa shape index (κ1) is 13.9. The van der Waals surface area contributed by atoms with E-state index in [1.165, 1.54) is 0 Å². The predicted molar refractivity (Wildman–Crippen MR) is 64.0 cm³/mol. The third-order valence-electron chi connectivity index (χ3n) is 2.56. The third-order valence-corrected chi connectivity index (χ3v) is 2.56. The minimum absolute atomic E-state index is 0.0642. The van der Waals surface area contributed by atoms with E-state index in [4.69, 9.17) is 9.84 Å². The van der Waals surface area contributed by atoms with Gasteiger partial charge in [0.2, 0.25) is 0 Å². The van der Waals surface area contributed by atoms with Gasteiger partial charge < -0.3 is 9.84 Å². The predicted octanol–water partition coefficient (Wildman–Crippen LogP) is 3.38. The molecule has 0 spiro atoms. The van der Waals surface area contributed by atoms with Crippen LogP contribution in [0, 0.1) is 17.5 Å². The summed E-state index contributed by atoms with van der Waals surface area (Å²) in [5.74, 6) is -3.54. The zero-order chi connectivity index (χ0) is 14.7. The minimum atomic E-state index is -1.38. The molecule has 2 aromatic carbocycles. The maximum Gasteiger partial charge on any atom is 0.339 e. The zero-order valence-electron chi connectivity index (χ0n) is 10.1. The van der Waals surface area contributed by atoms with E-state index < -0.39 is 23.4 Å². The van der Waals surface area contributed by atoms with Gasteiger partial charge in [0.15, 0.2) is 0 Å². The highest BCUT2D eigenvalue weighted by molar-refractivity contribution is 5.90. The number of hydrogen-bond acceptors (Lipinski definition) is 2. The molecule has 2 rings (SSSR count). The first-order chi connectivity index (χ1) is 9.47. The molecule has 2 aromatic rings. The molecule has 0 heterocycles. The number of aromatic carboxylic acids is 1. The molecule has 0 radical (unpaired) electrons. The van der Waals surface area contributed by atoms with Crippen molar-refractivity contribution < 1.29 is 27.8 Å². The largest absolute Gasteiger partial charge is 0.488 e. The van der Waals surface area contributed by atoms with Crippen molar-refractivity contribution in [3.05, 3.63) is 65.0 Å². The van der Waals surface area contributed by atoms with Crippen molar-refractivity contribution in [1.82, 2.24) is 0 Å². The van der Waals surface area contributed by atoms with Crippen molar-refractivity contribution >= 4 is 5.97 Å². The number of rotatable bonds is 4. The van der Waals surface area contributed by atoms with Gasteiger partial charge in [0.05, 0.1) is 0 Å². The van der Waals surface area contributed by atoms with Gasteiger partial charge in [-0.1, -0.05) is 0 Å². The van der Waals surface area contributed by atoms with Crippen LogP contribution in [0.3, 0.4) is 0 Å². The fourth-order valence-corrected chi connectivity index (χ4v) is 1.60. The highest BCUT2D eigenvalue weighted by atomic mass is 19.1. The molecule has 104 valence electrons. The Labute approximate surface area is 112 Å². The molecular formula is C14H9F3O3. The van der Waals surface area contributed by atoms with Gasteiger partial charge in [-0.3, -0.25) is 0 Å². The fraction of sp³-hybridized carbons (Fsp3) is 0.0714. The van der Waals surface area contributed by atoms with E-state index in [9.17, 15) is 18.0 Å². The van der Waals surface area contributed by atoms with Gasteiger partial charge in [0, 0.05) is 5.56 Å². The second-order valence-corrected chi connectivity index (χ2v) is 3.97. The maximum absolute atomic E-state index is 13.4. The van der Waals surface area contributed by atoms with Crippen LogP contribution in [0.15, 0.2) is 36.4 Å². The van der Waals surface area contributed by atoms with E-state index in [0.29, 0.717) is 0 Å². The molecule has 0 amide bonds. The van der Waals surface area contributed by atoms with Crippen LogP contribution in [0.25, 0.3) is 0 Å². The maximum atomic E-state index is 13.4. The molecule has 0 aromatic heterocycles. The van der Waals surface area contributed by atoms with Gasteiger partial charge in [-0.15, -0.1) is 0 Å². The lowest BCUT2D eigenvalue weighted by Crippen LogP contribution is -2.05. The molecule has 0 atom stereocenters. The quantitative estimate of drug-likeness (QED) is 0.935. The van der Waals surface area contributed by atoms with E-state index in [0.717, 1.165) is 36.4 Å². The number of ether oxygens (including phenoxy) is 1. The average Bonchev–Trinajstić information content (AvgIpc) is 2.40. The number of carboxylic acids is 1. The highest BCUT2D eigenvalue weighted by Crippen LogP contribution is 2.21. The summed E-state index contributed by atoms with van der Waals surface area (Å²) < 4.78 is 44.4. The molecule has 0 aliphatic heterocycles. The average molecular weight is 282 g/mol. The second kappa shape index (κ2) is 5.64. The van der Waals surface area contributed by atoms with Gasteiger partial charge in [-0.05, 0) is 36.4 Å². The van der Waals surface area contributed by atoms with Crippen LogP contribution in [-0.4, -0.2) is 11.1 Å². The third kappa shape index (κ3) is 3.09. The molecule has 0 bridgehead atoms. The van der Waals surface area contributed by atoms with E-state index in [1.54, 1.807) is 0 Å². The minimum Gasteiger partial charge on any atom is -0.488 e. The van der Waals surface area contributed by atoms with Crippen molar-refractivity contribution in [2.45, 2.75) is 6.61 Å². The van der Waals surface area contributed by atoms with Crippen LogP contribution in [0.1, 0.15) is 15.9 Å². The number of hydrogen-bond donors (Lipinski definition) is 1. The van der Waals surface area contributed by atoms with Crippen molar-refractivity contribution in [3.8, 4) is 5.75 Å². The van der Waals surface area contributed by atoms with Crippen LogP contribution in [0.5, 0.6) is 5.75 Å². The Morgan fingerprint density at radius 1 is 1.05 bits per heavy atom. The van der Waals surface area contributed by atoms with E-state index in [-0.39, 0.29) is 23.5 Å². The number of carbonyl (C=O) groups is 1. The Kier molecular flexibility index (Phi) is 3.93. The molecule has 0 saturated heterocycles. The molecule has 0 aliphatic carbocycles. The second-order valence-electron chi connectivity index (χ2n) is 3.97. The van der Waals surface area contributed by atoms with Crippen molar-refractivity contribution in [2.75, 3.05) is 0 Å². The molecular weight excluding hydrogens is 273 g/mol. The first-order valence-corrected chi connectivity index (χ1v) is 5.57. The van der Waals surface area contributed by atoms with Crippen LogP contribution in [0.4, 0.5) is 13.2 Å². The van der Waals surface area contributed by atoms with E-state index >= 15 is 0 Å². The van der Waals surface area contributed by atoms with Gasteiger partial charge in [0.25, 0.3) is 0 Å². The van der Waals surface area contributed by atoms with E-state index in [1.807, 2.05) is 0 Å². The molecule has 0 fully saturated rings. The number of halogens is 3. The molecule has 1 N–H and O–H groups in total. The Balaban J connectivity index is 2.23. The lowest BCUT2D eigenvalue weighted by Gasteiger charge is -2.10. The molecule has 6 heteroatoms. The summed E-state index contributed by atoms with van der Waals surface area (Å²) in [5.41, 5.74) is -0.451. The first-order valence-electron chi connectivity index (χ1n) is 5.57. The van der Waals surface area contributed by atoms with Crippen molar-refractivity contribution in [3.63, 3.8) is 0 Å². The van der Waals surface area contributed by atoms with Crippen LogP contribution in [-0.2, 0) is 6.61 Å². The Morgan fingerprint density at radius 2 is 1.70 bits per heavy atom. The molecule has 20 heavy (non-hydrogen) atoms. The van der Waals surface area contributed by atoms with Gasteiger partial charge in [0.1, 0.15) is 35.4 Å². The summed E-state index contributed by atoms with van der Waals surface area (Å²) >= 11 is 0. The van der Waals surface area contributed by atoms with Crippen LogP contribution < -0.4 is 4.74 Å². The lowest BCUT2D eigenvalue weighted by atomic mass is 10.2. The standard InChI is InChI=1S/C14H9F3O3/c15-9-1-3-12(17)8(5-9)7-20-13-4-2-10(16)6-11(13)14(18)19/h1-6H,7H2,(H,18,19). The van der Waals surface area contributed by atoms with Gasteiger partial charge >= 0.3 is 5.97 Å². The summed E-state index contributed by atoms with van der Waals surface area (Å²) in [6, 6.07) is 5.77. The SMILES string of the molecule is O=C(O)c1cc(F)ccc1OCc1cc(F)ccc1F. The molecule has 3 nitrogen and oxygen atoms in total. The summed E-state index contributed by atoms with van der Waals surface area (Å²) in [4.78, 5) is 10.9. The molecule has 0 aliphatic rings. The van der Waals surface area contributed by atoms with E-state index in [2.05, 4.69) is 0 Å². The normalized spacial score (nSPS) is 10.3. The van der Waals surface area contributed by atoms with Gasteiger partial charge in [-0.25, -0.2) is 18.0 Å². The summed E-state index contributed by atoms with van der Waals surface area (Å²) in [6.45, 7) is -0.366. The zero-order valence-corrected chi connectivity index (χ0v) is 10.1. The monoisotopic (exact) mass is 282 g/mol. The van der Waals surface area contributed by atoms with Crippen molar-refractivity contribution in [2.24, 2.45) is 0 Å². The fourth-order valence-electron chi connectivity index (χ4n) is 1.60. The van der Waals surface area contributed by atoms with Crippen molar-refractivity contribution in [1.29, 1.82) is 0 Å². The Hall–Kier alpha value is -2.50. The number of carboxylic acid groups (broad SMARTS) is 1. The summed E-state index contributed by atoms with van der Waals surface area (Å²) in [7, 11) is 0. The number of benzene rings is 2. The van der Waals surface area contributed by atoms with Crippen LogP contribution in [0.2, 0.25) is 0 Å². The summed E-state index contributed by atoms with van der Waals surface area (Å²) in [6.07, 6.45) is 0. The topological polar surface area (TPSA) is 46.5 Å². The highest BCUT2D eigenvalue weighted by Gasteiger charge is 2.13. The Bertz CT molecular complexity index is 656. The van der Waals surface area contributed by atoms with Gasteiger partial charge in [-0.2, -0.15) is 0 Å². The molecule has 0 unspecified atom stereocenters. The summed E-state index contributed by atoms with van der Waals surface area (Å²) in [5, 5.41) is 8.91. The molecule has 0 saturated carbocycles.